The van der Waals surface area contributed by atoms with Crippen LogP contribution >= 0.6 is 0 Å². The summed E-state index contributed by atoms with van der Waals surface area (Å²) in [5, 5.41) is 0. The fraction of sp³-hybridized carbons (Fsp3) is 1.00. The predicted molar refractivity (Wildman–Crippen MR) is 72.3 cm³/mol. The quantitative estimate of drug-likeness (QED) is 0.741. The molecule has 0 unspecified atom stereocenters. The molecule has 102 valence electrons. The van der Waals surface area contributed by atoms with Gasteiger partial charge in [0.2, 0.25) is 0 Å². The van der Waals surface area contributed by atoms with Gasteiger partial charge < -0.3 is 9.47 Å². The molecule has 0 saturated heterocycles. The van der Waals surface area contributed by atoms with Gasteiger partial charge in [-0.1, -0.05) is 32.1 Å². The van der Waals surface area contributed by atoms with Crippen LogP contribution < -0.4 is 0 Å². The first-order chi connectivity index (χ1) is 8.36. The normalized spacial score (nSPS) is 22.2. The van der Waals surface area contributed by atoms with E-state index in [1.807, 2.05) is 0 Å². The minimum absolute atomic E-state index is 0.878. The molecule has 2 aliphatic rings. The molecular weight excluding hydrogens is 212 g/mol. The standard InChI is InChI=1S/C8H16O.C7H14O/c1-9-7-8-5-3-2-4-6-8;1-8-6-7-4-2-3-5-7/h8H,2-7H2,1H3;7H,2-6H2,1H3. The molecule has 2 saturated carbocycles. The average Bonchev–Trinajstić information content (AvgIpc) is 2.85. The summed E-state index contributed by atoms with van der Waals surface area (Å²) in [6, 6.07) is 0. The summed E-state index contributed by atoms with van der Waals surface area (Å²) in [6.07, 6.45) is 12.7. The highest BCUT2D eigenvalue weighted by molar-refractivity contribution is 4.65. The molecule has 0 radical (unpaired) electrons. The van der Waals surface area contributed by atoms with E-state index in [0.717, 1.165) is 25.0 Å². The number of hydrogen-bond donors (Lipinski definition) is 0. The lowest BCUT2D eigenvalue weighted by Crippen LogP contribution is -2.11. The van der Waals surface area contributed by atoms with Gasteiger partial charge in [-0.2, -0.15) is 0 Å². The maximum absolute atomic E-state index is 5.08. The molecule has 2 rings (SSSR count). The first-order valence-electron chi connectivity index (χ1n) is 7.34. The summed E-state index contributed by atoms with van der Waals surface area (Å²) in [5.74, 6) is 1.77. The third kappa shape index (κ3) is 7.05. The third-order valence-corrected chi connectivity index (χ3v) is 4.00. The van der Waals surface area contributed by atoms with Crippen LogP contribution in [0.15, 0.2) is 0 Å². The maximum Gasteiger partial charge on any atom is 0.0490 e. The summed E-state index contributed by atoms with van der Waals surface area (Å²) in [4.78, 5) is 0. The predicted octanol–water partition coefficient (Wildman–Crippen LogP) is 4.04. The molecule has 2 heteroatoms. The topological polar surface area (TPSA) is 18.5 Å². The molecule has 0 heterocycles. The van der Waals surface area contributed by atoms with E-state index in [-0.39, 0.29) is 0 Å². The average molecular weight is 242 g/mol. The van der Waals surface area contributed by atoms with Crippen molar-refractivity contribution in [2.75, 3.05) is 27.4 Å². The molecular formula is C15H30O2. The van der Waals surface area contributed by atoms with E-state index in [4.69, 9.17) is 9.47 Å². The molecule has 0 aromatic heterocycles. The van der Waals surface area contributed by atoms with Crippen LogP contribution in [0.4, 0.5) is 0 Å². The molecule has 0 bridgehead atoms. The van der Waals surface area contributed by atoms with Gasteiger partial charge in [-0.25, -0.2) is 0 Å². The van der Waals surface area contributed by atoms with Crippen LogP contribution in [0.25, 0.3) is 0 Å². The molecule has 0 N–H and O–H groups in total. The molecule has 2 nitrogen and oxygen atoms in total. The van der Waals surface area contributed by atoms with Crippen LogP contribution in [-0.4, -0.2) is 27.4 Å². The Hall–Kier alpha value is -0.0800. The first-order valence-corrected chi connectivity index (χ1v) is 7.34. The van der Waals surface area contributed by atoms with Gasteiger partial charge in [0.05, 0.1) is 0 Å². The second-order valence-electron chi connectivity index (χ2n) is 5.57. The molecule has 17 heavy (non-hydrogen) atoms. The van der Waals surface area contributed by atoms with Gasteiger partial charge in [0.25, 0.3) is 0 Å². The van der Waals surface area contributed by atoms with Gasteiger partial charge in [0.1, 0.15) is 0 Å². The minimum atomic E-state index is 0.878. The van der Waals surface area contributed by atoms with E-state index >= 15 is 0 Å². The molecule has 0 atom stereocenters. The Kier molecular flexibility index (Phi) is 8.72. The van der Waals surface area contributed by atoms with E-state index in [1.54, 1.807) is 14.2 Å². The van der Waals surface area contributed by atoms with Crippen LogP contribution in [0.1, 0.15) is 57.8 Å². The summed E-state index contributed by atoms with van der Waals surface area (Å²) in [6.45, 7) is 1.97. The van der Waals surface area contributed by atoms with Crippen molar-refractivity contribution in [1.29, 1.82) is 0 Å². The Labute approximate surface area is 107 Å². The van der Waals surface area contributed by atoms with Gasteiger partial charge in [0, 0.05) is 27.4 Å². The Morgan fingerprint density at radius 1 is 0.647 bits per heavy atom. The summed E-state index contributed by atoms with van der Waals surface area (Å²) < 4.78 is 10.1. The van der Waals surface area contributed by atoms with Crippen LogP contribution in [0.5, 0.6) is 0 Å². The minimum Gasteiger partial charge on any atom is -0.384 e. The lowest BCUT2D eigenvalue weighted by atomic mass is 9.90. The number of methoxy groups -OCH3 is 2. The molecule has 2 fully saturated rings. The Morgan fingerprint density at radius 2 is 1.00 bits per heavy atom. The van der Waals surface area contributed by atoms with Crippen LogP contribution in [0.2, 0.25) is 0 Å². The highest BCUT2D eigenvalue weighted by Crippen LogP contribution is 2.24. The van der Waals surface area contributed by atoms with Gasteiger partial charge in [-0.3, -0.25) is 0 Å². The summed E-state index contributed by atoms with van der Waals surface area (Å²) in [7, 11) is 3.59. The number of ether oxygens (including phenoxy) is 2. The fourth-order valence-corrected chi connectivity index (χ4v) is 3.00. The molecule has 0 spiro atoms. The second-order valence-corrected chi connectivity index (χ2v) is 5.57. The van der Waals surface area contributed by atoms with E-state index in [1.165, 1.54) is 57.8 Å². The van der Waals surface area contributed by atoms with Crippen molar-refractivity contribution in [3.05, 3.63) is 0 Å². The van der Waals surface area contributed by atoms with Gasteiger partial charge in [0.15, 0.2) is 0 Å². The van der Waals surface area contributed by atoms with Crippen LogP contribution in [0, 0.1) is 11.8 Å². The van der Waals surface area contributed by atoms with Crippen molar-refractivity contribution in [3.63, 3.8) is 0 Å². The highest BCUT2D eigenvalue weighted by Gasteiger charge is 2.13. The third-order valence-electron chi connectivity index (χ3n) is 4.00. The zero-order valence-corrected chi connectivity index (χ0v) is 11.7. The zero-order valence-electron chi connectivity index (χ0n) is 11.7. The molecule has 0 aromatic rings. The van der Waals surface area contributed by atoms with Crippen molar-refractivity contribution in [1.82, 2.24) is 0 Å². The molecule has 0 aliphatic heterocycles. The second kappa shape index (κ2) is 9.90. The smallest absolute Gasteiger partial charge is 0.0490 e. The van der Waals surface area contributed by atoms with Crippen molar-refractivity contribution < 1.29 is 9.47 Å². The van der Waals surface area contributed by atoms with Crippen molar-refractivity contribution >= 4 is 0 Å². The SMILES string of the molecule is COCC1CCCC1.COCC1CCCCC1. The highest BCUT2D eigenvalue weighted by atomic mass is 16.5. The molecule has 2 aliphatic carbocycles. The van der Waals surface area contributed by atoms with E-state index in [0.29, 0.717) is 0 Å². The molecule has 0 aromatic carbocycles. The largest absolute Gasteiger partial charge is 0.384 e. The maximum atomic E-state index is 5.08. The monoisotopic (exact) mass is 242 g/mol. The van der Waals surface area contributed by atoms with Crippen LogP contribution in [-0.2, 0) is 9.47 Å². The Morgan fingerprint density at radius 3 is 1.35 bits per heavy atom. The Balaban J connectivity index is 0.000000171. The fourth-order valence-electron chi connectivity index (χ4n) is 3.00. The van der Waals surface area contributed by atoms with Gasteiger partial charge in [-0.05, 0) is 37.5 Å². The van der Waals surface area contributed by atoms with Crippen molar-refractivity contribution in [3.8, 4) is 0 Å². The van der Waals surface area contributed by atoms with Crippen molar-refractivity contribution in [2.45, 2.75) is 57.8 Å². The van der Waals surface area contributed by atoms with Crippen molar-refractivity contribution in [2.24, 2.45) is 11.8 Å². The first kappa shape index (κ1) is 15.0. The molecule has 0 amide bonds. The Bertz CT molecular complexity index is 156. The summed E-state index contributed by atoms with van der Waals surface area (Å²) >= 11 is 0. The van der Waals surface area contributed by atoms with Gasteiger partial charge in [-0.15, -0.1) is 0 Å². The van der Waals surface area contributed by atoms with Gasteiger partial charge >= 0.3 is 0 Å². The number of hydrogen-bond acceptors (Lipinski definition) is 2. The van der Waals surface area contributed by atoms with Crippen LogP contribution in [0.3, 0.4) is 0 Å². The lowest BCUT2D eigenvalue weighted by molar-refractivity contribution is 0.131. The van der Waals surface area contributed by atoms with E-state index in [2.05, 4.69) is 0 Å². The zero-order chi connectivity index (χ0) is 12.3. The number of rotatable bonds is 4. The van der Waals surface area contributed by atoms with E-state index in [9.17, 15) is 0 Å². The summed E-state index contributed by atoms with van der Waals surface area (Å²) in [5.41, 5.74) is 0. The van der Waals surface area contributed by atoms with E-state index < -0.39 is 0 Å². The lowest BCUT2D eigenvalue weighted by Gasteiger charge is -2.19.